The van der Waals surface area contributed by atoms with Crippen LogP contribution >= 0.6 is 11.8 Å². The summed E-state index contributed by atoms with van der Waals surface area (Å²) in [6.45, 7) is 4.03. The molecule has 0 atom stereocenters. The van der Waals surface area contributed by atoms with Crippen LogP contribution in [0.4, 0.5) is 0 Å². The maximum absolute atomic E-state index is 12.8. The van der Waals surface area contributed by atoms with E-state index in [1.807, 2.05) is 12.1 Å². The highest BCUT2D eigenvalue weighted by molar-refractivity contribution is 7.98. The summed E-state index contributed by atoms with van der Waals surface area (Å²) >= 11 is 1.30. The number of fused-ring (bicyclic) bond motifs is 2. The molecule has 28 heavy (non-hydrogen) atoms. The Kier molecular flexibility index (Phi) is 4.55. The number of nitrogens with one attached hydrogen (secondary N) is 1. The molecular weight excluding hydrogens is 376 g/mol. The van der Waals surface area contributed by atoms with Gasteiger partial charge in [-0.15, -0.1) is 6.58 Å². The molecular formula is C19H14N6O2S. The molecule has 0 aliphatic heterocycles. The number of hydrogen-bond acceptors (Lipinski definition) is 6. The molecule has 0 radical (unpaired) electrons. The molecule has 8 nitrogen and oxygen atoms in total. The van der Waals surface area contributed by atoms with E-state index in [1.54, 1.807) is 28.8 Å². The van der Waals surface area contributed by atoms with E-state index < -0.39 is 0 Å². The van der Waals surface area contributed by atoms with Gasteiger partial charge in [0.25, 0.3) is 11.1 Å². The molecule has 3 heterocycles. The summed E-state index contributed by atoms with van der Waals surface area (Å²) in [5.41, 5.74) is 1.22. The van der Waals surface area contributed by atoms with Crippen molar-refractivity contribution >= 4 is 28.3 Å². The van der Waals surface area contributed by atoms with Gasteiger partial charge in [0.1, 0.15) is 11.6 Å². The van der Waals surface area contributed by atoms with Crippen LogP contribution in [0, 0.1) is 11.3 Å². The first-order valence-electron chi connectivity index (χ1n) is 8.36. The van der Waals surface area contributed by atoms with E-state index in [0.717, 1.165) is 0 Å². The molecule has 0 aliphatic rings. The summed E-state index contributed by atoms with van der Waals surface area (Å²) < 4.78 is 2.76. The molecule has 0 bridgehead atoms. The first-order valence-corrected chi connectivity index (χ1v) is 9.34. The zero-order valence-corrected chi connectivity index (χ0v) is 15.4. The lowest BCUT2D eigenvalue weighted by molar-refractivity contribution is 0.671. The zero-order chi connectivity index (χ0) is 19.7. The third-order valence-electron chi connectivity index (χ3n) is 4.16. The molecule has 0 spiro atoms. The normalized spacial score (nSPS) is 11.0. The van der Waals surface area contributed by atoms with Gasteiger partial charge >= 0.3 is 0 Å². The predicted molar refractivity (Wildman–Crippen MR) is 106 cm³/mol. The third kappa shape index (κ3) is 3.00. The van der Waals surface area contributed by atoms with Crippen LogP contribution in [0.5, 0.6) is 0 Å². The SMILES string of the molecule is C=CCn1c(SCc2cc(=O)n3[nH]cc(C#N)c3n2)nc2ccccc2c1=O. The van der Waals surface area contributed by atoms with Crippen LogP contribution in [0.15, 0.2) is 63.9 Å². The van der Waals surface area contributed by atoms with Crippen molar-refractivity contribution in [3.8, 4) is 6.07 Å². The summed E-state index contributed by atoms with van der Waals surface area (Å²) in [5, 5.41) is 12.9. The number of aromatic amines is 1. The Morgan fingerprint density at radius 2 is 2.11 bits per heavy atom. The quantitative estimate of drug-likeness (QED) is 0.317. The highest BCUT2D eigenvalue weighted by Gasteiger charge is 2.13. The molecule has 0 fully saturated rings. The van der Waals surface area contributed by atoms with E-state index in [0.29, 0.717) is 34.1 Å². The lowest BCUT2D eigenvalue weighted by atomic mass is 10.2. The van der Waals surface area contributed by atoms with Crippen LogP contribution in [0.3, 0.4) is 0 Å². The number of para-hydroxylation sites is 1. The second-order valence-electron chi connectivity index (χ2n) is 5.95. The number of rotatable bonds is 5. The number of allylic oxidation sites excluding steroid dienone is 1. The summed E-state index contributed by atoms with van der Waals surface area (Å²) in [7, 11) is 0. The molecule has 4 aromatic rings. The Labute approximate surface area is 162 Å². The van der Waals surface area contributed by atoms with Crippen LogP contribution in [0.2, 0.25) is 0 Å². The minimum atomic E-state index is -0.308. The van der Waals surface area contributed by atoms with E-state index in [4.69, 9.17) is 5.26 Å². The fourth-order valence-corrected chi connectivity index (χ4v) is 3.77. The van der Waals surface area contributed by atoms with Crippen molar-refractivity contribution in [3.05, 3.63) is 81.1 Å². The third-order valence-corrected chi connectivity index (χ3v) is 5.17. The van der Waals surface area contributed by atoms with E-state index in [2.05, 4.69) is 21.6 Å². The lowest BCUT2D eigenvalue weighted by Crippen LogP contribution is -2.22. The number of benzene rings is 1. The van der Waals surface area contributed by atoms with Crippen molar-refractivity contribution in [1.82, 2.24) is 24.1 Å². The number of aromatic nitrogens is 5. The van der Waals surface area contributed by atoms with Crippen molar-refractivity contribution < 1.29 is 0 Å². The fourth-order valence-electron chi connectivity index (χ4n) is 2.87. The van der Waals surface area contributed by atoms with Crippen LogP contribution < -0.4 is 11.1 Å². The second kappa shape index (κ2) is 7.17. The largest absolute Gasteiger partial charge is 0.295 e. The van der Waals surface area contributed by atoms with Crippen molar-refractivity contribution in [2.45, 2.75) is 17.5 Å². The molecule has 138 valence electrons. The highest BCUT2D eigenvalue weighted by Crippen LogP contribution is 2.21. The van der Waals surface area contributed by atoms with Crippen LogP contribution in [-0.2, 0) is 12.3 Å². The Morgan fingerprint density at radius 1 is 1.29 bits per heavy atom. The van der Waals surface area contributed by atoms with Gasteiger partial charge in [0.15, 0.2) is 10.8 Å². The van der Waals surface area contributed by atoms with E-state index in [9.17, 15) is 9.59 Å². The van der Waals surface area contributed by atoms with Crippen molar-refractivity contribution in [1.29, 1.82) is 5.26 Å². The van der Waals surface area contributed by atoms with Crippen molar-refractivity contribution in [2.75, 3.05) is 0 Å². The Morgan fingerprint density at radius 3 is 2.89 bits per heavy atom. The average molecular weight is 390 g/mol. The van der Waals surface area contributed by atoms with Gasteiger partial charge in [0.2, 0.25) is 0 Å². The van der Waals surface area contributed by atoms with Gasteiger partial charge < -0.3 is 0 Å². The maximum Gasteiger partial charge on any atom is 0.272 e. The molecule has 0 unspecified atom stereocenters. The Hall–Kier alpha value is -3.64. The molecule has 0 aliphatic carbocycles. The van der Waals surface area contributed by atoms with Gasteiger partial charge in [-0.2, -0.15) is 5.26 Å². The van der Waals surface area contributed by atoms with Crippen molar-refractivity contribution in [3.63, 3.8) is 0 Å². The lowest BCUT2D eigenvalue weighted by Gasteiger charge is -2.11. The van der Waals surface area contributed by atoms with Gasteiger partial charge in [0.05, 0.1) is 16.6 Å². The minimum Gasteiger partial charge on any atom is -0.295 e. The van der Waals surface area contributed by atoms with Crippen LogP contribution in [-0.4, -0.2) is 24.1 Å². The monoisotopic (exact) mass is 390 g/mol. The van der Waals surface area contributed by atoms with Crippen molar-refractivity contribution in [2.24, 2.45) is 0 Å². The van der Waals surface area contributed by atoms with Crippen LogP contribution in [0.1, 0.15) is 11.3 Å². The fraction of sp³-hybridized carbons (Fsp3) is 0.105. The van der Waals surface area contributed by atoms with Gasteiger partial charge in [-0.1, -0.05) is 30.0 Å². The van der Waals surface area contributed by atoms with Gasteiger partial charge in [-0.05, 0) is 12.1 Å². The first-order chi connectivity index (χ1) is 13.6. The summed E-state index contributed by atoms with van der Waals surface area (Å²) in [5.74, 6) is 0.323. The zero-order valence-electron chi connectivity index (χ0n) is 14.6. The topological polar surface area (TPSA) is 109 Å². The standard InChI is InChI=1S/C19H14N6O2S/c1-2-7-24-18(27)14-5-3-4-6-15(14)23-19(24)28-11-13-8-16(26)25-17(22-13)12(9-20)10-21-25/h2-6,8,10,21H,1,7,11H2. The molecule has 1 aromatic carbocycles. The minimum absolute atomic E-state index is 0.145. The average Bonchev–Trinajstić information content (AvgIpc) is 3.12. The maximum atomic E-state index is 12.8. The molecule has 0 amide bonds. The Balaban J connectivity index is 1.75. The summed E-state index contributed by atoms with van der Waals surface area (Å²) in [6, 6.07) is 10.6. The number of nitriles is 1. The van der Waals surface area contributed by atoms with Gasteiger partial charge in [-0.3, -0.25) is 19.3 Å². The van der Waals surface area contributed by atoms with Gasteiger partial charge in [0, 0.05) is 24.6 Å². The molecule has 3 aromatic heterocycles. The number of nitrogens with zero attached hydrogens (tertiary/aromatic N) is 5. The van der Waals surface area contributed by atoms with E-state index >= 15 is 0 Å². The molecule has 0 saturated carbocycles. The molecule has 4 rings (SSSR count). The first kappa shape index (κ1) is 17.8. The predicted octanol–water partition coefficient (Wildman–Crippen LogP) is 2.08. The number of hydrogen-bond donors (Lipinski definition) is 1. The molecule has 9 heteroatoms. The highest BCUT2D eigenvalue weighted by atomic mass is 32.2. The van der Waals surface area contributed by atoms with E-state index in [-0.39, 0.29) is 22.3 Å². The second-order valence-corrected chi connectivity index (χ2v) is 6.89. The summed E-state index contributed by atoms with van der Waals surface area (Å²) in [6.07, 6.45) is 3.07. The number of thioether (sulfide) groups is 1. The number of H-pyrrole nitrogens is 1. The van der Waals surface area contributed by atoms with Crippen LogP contribution in [0.25, 0.3) is 16.6 Å². The molecule has 1 N–H and O–H groups in total. The Bertz CT molecular complexity index is 1380. The summed E-state index contributed by atoms with van der Waals surface area (Å²) in [4.78, 5) is 34.0. The van der Waals surface area contributed by atoms with E-state index in [1.165, 1.54) is 28.5 Å². The smallest absolute Gasteiger partial charge is 0.272 e. The molecule has 0 saturated heterocycles. The van der Waals surface area contributed by atoms with Gasteiger partial charge in [-0.25, -0.2) is 14.5 Å².